The molecule has 0 saturated heterocycles. The molecule has 1 N–H and O–H groups in total. The maximum absolute atomic E-state index is 14.1. The molecule has 8 heteroatoms. The van der Waals surface area contributed by atoms with Gasteiger partial charge in [0, 0.05) is 30.8 Å². The molecule has 2 rings (SSSR count). The first-order valence-electron chi connectivity index (χ1n) is 19.5. The van der Waals surface area contributed by atoms with Crippen LogP contribution in [0.1, 0.15) is 166 Å². The van der Waals surface area contributed by atoms with Gasteiger partial charge >= 0.3 is 0 Å². The first-order valence-corrected chi connectivity index (χ1v) is 19.5. The Labute approximate surface area is 297 Å². The van der Waals surface area contributed by atoms with Crippen LogP contribution in [0, 0.1) is 23.2 Å². The zero-order valence-electron chi connectivity index (χ0n) is 31.6. The summed E-state index contributed by atoms with van der Waals surface area (Å²) in [5.41, 5.74) is 1.21. The fraction of sp³-hybridized carbons (Fsp3) is 0.683. The van der Waals surface area contributed by atoms with Crippen LogP contribution in [0.15, 0.2) is 39.3 Å². The van der Waals surface area contributed by atoms with Gasteiger partial charge in [-0.1, -0.05) is 125 Å². The van der Waals surface area contributed by atoms with Crippen LogP contribution in [-0.2, 0) is 13.0 Å². The van der Waals surface area contributed by atoms with Crippen molar-refractivity contribution in [2.45, 2.75) is 157 Å². The second-order valence-corrected chi connectivity index (χ2v) is 13.8. The fourth-order valence-electron chi connectivity index (χ4n) is 6.51. The second-order valence-electron chi connectivity index (χ2n) is 13.8. The van der Waals surface area contributed by atoms with Crippen molar-refractivity contribution in [1.29, 1.82) is 5.26 Å². The summed E-state index contributed by atoms with van der Waals surface area (Å²) in [6.45, 7) is 14.9. The van der Waals surface area contributed by atoms with Crippen LogP contribution in [0.2, 0.25) is 0 Å². The number of carbonyl (C=O) groups excluding carboxylic acids is 1. The highest BCUT2D eigenvalue weighted by Crippen LogP contribution is 2.30. The molecule has 1 aromatic carbocycles. The summed E-state index contributed by atoms with van der Waals surface area (Å²) in [6, 6.07) is 9.32. The maximum Gasteiger partial charge on any atom is 0.281 e. The number of benzene rings is 1. The van der Waals surface area contributed by atoms with E-state index in [2.05, 4.69) is 55.8 Å². The molecule has 49 heavy (non-hydrogen) atoms. The molecule has 1 amide bonds. The van der Waals surface area contributed by atoms with E-state index in [0.717, 1.165) is 109 Å². The molecule has 1 aromatic heterocycles. The summed E-state index contributed by atoms with van der Waals surface area (Å²) >= 11 is 0. The minimum atomic E-state index is -0.436. The number of nitrogens with zero attached hydrogens (tertiary/aromatic N) is 5. The van der Waals surface area contributed by atoms with Gasteiger partial charge in [-0.25, -0.2) is 0 Å². The van der Waals surface area contributed by atoms with E-state index in [1.54, 1.807) is 12.1 Å². The molecule has 0 aliphatic rings. The molecular formula is C41H65N5O3. The molecule has 0 aliphatic heterocycles. The van der Waals surface area contributed by atoms with Crippen LogP contribution in [0.25, 0.3) is 0 Å². The average molecular weight is 676 g/mol. The Kier molecular flexibility index (Phi) is 20.3. The smallest absolute Gasteiger partial charge is 0.281 e. The van der Waals surface area contributed by atoms with Crippen LogP contribution < -0.4 is 5.56 Å². The summed E-state index contributed by atoms with van der Waals surface area (Å²) in [7, 11) is 0. The number of aromatic nitrogens is 1. The molecular weight excluding hydrogens is 610 g/mol. The SMILES string of the molecule is CCCCCCCCn1c(O)c(C#N)c(CCCC)c(N=Nc2cccc(C(=O)N(CC(CC)CCCC)CC(CC)CCCC)c2)c1=O. The Morgan fingerprint density at radius 3 is 2.00 bits per heavy atom. The number of unbranched alkanes of at least 4 members (excludes halogenated alkanes) is 8. The van der Waals surface area contributed by atoms with Crippen molar-refractivity contribution in [2.24, 2.45) is 22.1 Å². The lowest BCUT2D eigenvalue weighted by Gasteiger charge is -2.31. The van der Waals surface area contributed by atoms with E-state index in [-0.39, 0.29) is 23.0 Å². The van der Waals surface area contributed by atoms with E-state index in [1.807, 2.05) is 19.1 Å². The van der Waals surface area contributed by atoms with Crippen molar-refractivity contribution in [3.63, 3.8) is 0 Å². The van der Waals surface area contributed by atoms with Gasteiger partial charge in [0.2, 0.25) is 5.88 Å². The summed E-state index contributed by atoms with van der Waals surface area (Å²) in [6.07, 6.45) is 17.2. The molecule has 0 bridgehead atoms. The number of hydrogen-bond donors (Lipinski definition) is 1. The van der Waals surface area contributed by atoms with Crippen LogP contribution in [0.5, 0.6) is 5.88 Å². The summed E-state index contributed by atoms with van der Waals surface area (Å²) in [4.78, 5) is 30.0. The van der Waals surface area contributed by atoms with Gasteiger partial charge in [0.1, 0.15) is 11.6 Å². The van der Waals surface area contributed by atoms with Crippen LogP contribution in [-0.4, -0.2) is 33.6 Å². The third-order valence-electron chi connectivity index (χ3n) is 9.83. The summed E-state index contributed by atoms with van der Waals surface area (Å²) in [5, 5.41) is 30.0. The number of azo groups is 1. The van der Waals surface area contributed by atoms with Gasteiger partial charge in [0.25, 0.3) is 11.5 Å². The minimum Gasteiger partial charge on any atom is -0.493 e. The van der Waals surface area contributed by atoms with Gasteiger partial charge in [-0.05, 0) is 62.1 Å². The van der Waals surface area contributed by atoms with E-state index in [0.29, 0.717) is 41.6 Å². The zero-order valence-corrected chi connectivity index (χ0v) is 31.6. The normalized spacial score (nSPS) is 12.7. The number of aromatic hydroxyl groups is 1. The predicted octanol–water partition coefficient (Wildman–Crippen LogP) is 11.4. The first kappa shape index (κ1) is 41.7. The van der Waals surface area contributed by atoms with E-state index >= 15 is 0 Å². The highest BCUT2D eigenvalue weighted by atomic mass is 16.3. The number of pyridine rings is 1. The second kappa shape index (κ2) is 23.8. The van der Waals surface area contributed by atoms with Crippen LogP contribution in [0.4, 0.5) is 11.4 Å². The van der Waals surface area contributed by atoms with E-state index in [1.165, 1.54) is 11.0 Å². The van der Waals surface area contributed by atoms with Gasteiger partial charge in [0.05, 0.1) is 5.69 Å². The van der Waals surface area contributed by atoms with Crippen molar-refractivity contribution in [3.8, 4) is 11.9 Å². The minimum absolute atomic E-state index is 0.00303. The van der Waals surface area contributed by atoms with Gasteiger partial charge < -0.3 is 10.0 Å². The molecule has 0 spiro atoms. The van der Waals surface area contributed by atoms with Gasteiger partial charge in [-0.3, -0.25) is 14.2 Å². The van der Waals surface area contributed by atoms with E-state index in [9.17, 15) is 20.0 Å². The van der Waals surface area contributed by atoms with Crippen molar-refractivity contribution in [3.05, 3.63) is 51.3 Å². The third kappa shape index (κ3) is 13.4. The summed E-state index contributed by atoms with van der Waals surface area (Å²) in [5.74, 6) is 0.634. The van der Waals surface area contributed by atoms with Crippen LogP contribution >= 0.6 is 0 Å². The lowest BCUT2D eigenvalue weighted by molar-refractivity contribution is 0.0685. The Bertz CT molecular complexity index is 1370. The molecule has 0 saturated carbocycles. The highest BCUT2D eigenvalue weighted by Gasteiger charge is 2.24. The number of hydrogen-bond acceptors (Lipinski definition) is 6. The van der Waals surface area contributed by atoms with Gasteiger partial charge in [-0.15, -0.1) is 5.11 Å². The van der Waals surface area contributed by atoms with Gasteiger partial charge in [-0.2, -0.15) is 10.4 Å². The van der Waals surface area contributed by atoms with Crippen molar-refractivity contribution in [1.82, 2.24) is 9.47 Å². The Hall–Kier alpha value is -3.47. The first-order chi connectivity index (χ1) is 23.8. The molecule has 2 atom stereocenters. The number of carbonyl (C=O) groups is 1. The molecule has 2 aromatic rings. The average Bonchev–Trinajstić information content (AvgIpc) is 3.12. The zero-order chi connectivity index (χ0) is 36.0. The molecule has 272 valence electrons. The lowest BCUT2D eigenvalue weighted by atomic mass is 9.95. The summed E-state index contributed by atoms with van der Waals surface area (Å²) < 4.78 is 1.28. The molecule has 0 radical (unpaired) electrons. The highest BCUT2D eigenvalue weighted by molar-refractivity contribution is 5.95. The number of amides is 1. The van der Waals surface area contributed by atoms with E-state index < -0.39 is 5.56 Å². The number of rotatable bonds is 25. The predicted molar refractivity (Wildman–Crippen MR) is 202 cm³/mol. The largest absolute Gasteiger partial charge is 0.493 e. The molecule has 8 nitrogen and oxygen atoms in total. The molecule has 0 fully saturated rings. The topological polar surface area (TPSA) is 111 Å². The Morgan fingerprint density at radius 2 is 1.43 bits per heavy atom. The van der Waals surface area contributed by atoms with E-state index in [4.69, 9.17) is 0 Å². The lowest BCUT2D eigenvalue weighted by Crippen LogP contribution is -2.39. The molecule has 2 unspecified atom stereocenters. The monoisotopic (exact) mass is 676 g/mol. The number of nitriles is 1. The fourth-order valence-corrected chi connectivity index (χ4v) is 6.51. The Morgan fingerprint density at radius 1 is 0.837 bits per heavy atom. The molecule has 1 heterocycles. The van der Waals surface area contributed by atoms with Gasteiger partial charge in [0.15, 0.2) is 5.69 Å². The standard InChI is InChI=1S/C41H65N5O3/c1-7-13-17-18-19-20-27-46-40(48)37(29-42)36(26-16-10-4)38(41(46)49)44-43-35-25-21-24-34(28-35)39(47)45(30-32(11-5)22-14-8-2)31-33(12-6)23-15-9-3/h21,24-25,28,32-33,48H,7-20,22-23,26-27,30-31H2,1-6H3. The van der Waals surface area contributed by atoms with Crippen molar-refractivity contribution in [2.75, 3.05) is 13.1 Å². The van der Waals surface area contributed by atoms with Crippen molar-refractivity contribution < 1.29 is 9.90 Å². The quantitative estimate of drug-likeness (QED) is 0.0833. The van der Waals surface area contributed by atoms with Crippen LogP contribution in [0.3, 0.4) is 0 Å². The molecule has 0 aliphatic carbocycles. The Balaban J connectivity index is 2.48. The third-order valence-corrected chi connectivity index (χ3v) is 9.83. The van der Waals surface area contributed by atoms with Crippen molar-refractivity contribution >= 4 is 17.3 Å². The maximum atomic E-state index is 14.1.